The fourth-order valence-electron chi connectivity index (χ4n) is 5.41. The van der Waals surface area contributed by atoms with Crippen molar-refractivity contribution in [2.45, 2.75) is 57.4 Å². The molecule has 1 aliphatic heterocycles. The third-order valence-corrected chi connectivity index (χ3v) is 7.03. The molecule has 2 aliphatic rings. The Hall–Kier alpha value is -2.13. The van der Waals surface area contributed by atoms with Gasteiger partial charge in [0.2, 0.25) is 0 Å². The molecule has 0 amide bonds. The van der Waals surface area contributed by atoms with Crippen LogP contribution in [0.2, 0.25) is 0 Å². The number of piperidine rings is 1. The molecule has 0 spiro atoms. The van der Waals surface area contributed by atoms with Gasteiger partial charge in [-0.1, -0.05) is 56.7 Å². The molecule has 0 saturated carbocycles. The van der Waals surface area contributed by atoms with E-state index in [9.17, 15) is 4.79 Å². The van der Waals surface area contributed by atoms with Gasteiger partial charge in [-0.15, -0.1) is 0 Å². The Morgan fingerprint density at radius 2 is 2.00 bits per heavy atom. The van der Waals surface area contributed by atoms with Crippen LogP contribution in [-0.4, -0.2) is 30.5 Å². The van der Waals surface area contributed by atoms with Crippen molar-refractivity contribution in [1.29, 1.82) is 0 Å². The summed E-state index contributed by atoms with van der Waals surface area (Å²) in [5.41, 5.74) is 4.12. The molecule has 1 heterocycles. The molecular formula is C25H31NO2. The van der Waals surface area contributed by atoms with E-state index < -0.39 is 0 Å². The highest BCUT2D eigenvalue weighted by molar-refractivity contribution is 5.72. The number of carbonyl (C=O) groups excluding carboxylic acids is 1. The summed E-state index contributed by atoms with van der Waals surface area (Å²) in [5.74, 6) is 1.08. The van der Waals surface area contributed by atoms with E-state index in [1.54, 1.807) is 0 Å². The molecule has 3 nitrogen and oxygen atoms in total. The normalized spacial score (nSPS) is 26.5. The molecule has 2 aromatic carbocycles. The van der Waals surface area contributed by atoms with Crippen LogP contribution in [0.15, 0.2) is 48.5 Å². The Kier molecular flexibility index (Phi) is 5.29. The number of unbranched alkanes of at least 4 members (excludes halogenated alkanes) is 1. The second-order valence-electron chi connectivity index (χ2n) is 8.52. The monoisotopic (exact) mass is 377 g/mol. The van der Waals surface area contributed by atoms with E-state index in [4.69, 9.17) is 4.74 Å². The number of nitrogens with zero attached hydrogens (tertiary/aromatic N) is 1. The first-order valence-electron chi connectivity index (χ1n) is 10.7. The van der Waals surface area contributed by atoms with Crippen LogP contribution in [0, 0.1) is 5.92 Å². The molecule has 1 fully saturated rings. The van der Waals surface area contributed by atoms with Crippen molar-refractivity contribution in [2.24, 2.45) is 5.92 Å². The lowest BCUT2D eigenvalue weighted by Gasteiger charge is -2.55. The van der Waals surface area contributed by atoms with Crippen molar-refractivity contribution in [3.63, 3.8) is 0 Å². The lowest BCUT2D eigenvalue weighted by molar-refractivity contribution is -0.134. The number of ether oxygens (including phenoxy) is 1. The van der Waals surface area contributed by atoms with Crippen LogP contribution >= 0.6 is 0 Å². The molecule has 0 aromatic heterocycles. The highest BCUT2D eigenvalue weighted by atomic mass is 16.5. The maximum atomic E-state index is 12.2. The summed E-state index contributed by atoms with van der Waals surface area (Å²) in [6.45, 7) is 5.58. The summed E-state index contributed by atoms with van der Waals surface area (Å²) in [6.07, 6.45) is 4.52. The predicted octanol–water partition coefficient (Wildman–Crippen LogP) is 4.96. The van der Waals surface area contributed by atoms with Crippen LogP contribution in [-0.2, 0) is 16.6 Å². The standard InChI is InChI=1S/C25H31NO2/c1-4-5-11-24(27)28-21-13-12-19-16-23-18(2)25(22(19)17-21,14-15-26(23)3)20-9-7-6-8-10-20/h6-10,12-13,17-18,23H,4-5,11,14-16H2,1-3H3/t18-,23?,25+/m1/s1. The molecule has 3 heteroatoms. The summed E-state index contributed by atoms with van der Waals surface area (Å²) in [4.78, 5) is 14.7. The molecule has 2 aromatic rings. The maximum Gasteiger partial charge on any atom is 0.311 e. The summed E-state index contributed by atoms with van der Waals surface area (Å²) in [7, 11) is 2.25. The van der Waals surface area contributed by atoms with E-state index >= 15 is 0 Å². The second kappa shape index (κ2) is 7.71. The third-order valence-electron chi connectivity index (χ3n) is 7.03. The highest BCUT2D eigenvalue weighted by Crippen LogP contribution is 2.53. The minimum Gasteiger partial charge on any atom is -0.427 e. The first kappa shape index (κ1) is 19.2. The predicted molar refractivity (Wildman–Crippen MR) is 113 cm³/mol. The largest absolute Gasteiger partial charge is 0.427 e. The van der Waals surface area contributed by atoms with E-state index in [0.717, 1.165) is 32.2 Å². The molecule has 1 aliphatic carbocycles. The first-order valence-corrected chi connectivity index (χ1v) is 10.7. The number of fused-ring (bicyclic) bond motifs is 4. The zero-order valence-corrected chi connectivity index (χ0v) is 17.3. The minimum absolute atomic E-state index is 0.0160. The number of carbonyl (C=O) groups is 1. The van der Waals surface area contributed by atoms with E-state index in [0.29, 0.717) is 24.1 Å². The SMILES string of the molecule is CCCCC(=O)Oc1ccc2c(c1)[C@@]1(c3ccccc3)CCN(C)C(C2)[C@H]1C. The van der Waals surface area contributed by atoms with Crippen LogP contribution < -0.4 is 4.74 Å². The van der Waals surface area contributed by atoms with Crippen molar-refractivity contribution in [2.75, 3.05) is 13.6 Å². The maximum absolute atomic E-state index is 12.2. The Balaban J connectivity index is 1.78. The van der Waals surface area contributed by atoms with Gasteiger partial charge in [-0.3, -0.25) is 4.79 Å². The van der Waals surface area contributed by atoms with Crippen molar-refractivity contribution in [1.82, 2.24) is 4.90 Å². The van der Waals surface area contributed by atoms with Crippen LogP contribution in [0.1, 0.15) is 56.2 Å². The highest BCUT2D eigenvalue weighted by Gasteiger charge is 2.51. The molecule has 0 N–H and O–H groups in total. The molecule has 1 unspecified atom stereocenters. The van der Waals surface area contributed by atoms with Gasteiger partial charge >= 0.3 is 5.97 Å². The number of likely N-dealkylation sites (N-methyl/N-ethyl adjacent to an activating group) is 1. The summed E-state index contributed by atoms with van der Waals surface area (Å²) in [6, 6.07) is 17.8. The van der Waals surface area contributed by atoms with Gasteiger partial charge < -0.3 is 9.64 Å². The Bertz CT molecular complexity index is 847. The van der Waals surface area contributed by atoms with Gasteiger partial charge in [-0.2, -0.15) is 0 Å². The average Bonchev–Trinajstić information content (AvgIpc) is 2.71. The summed E-state index contributed by atoms with van der Waals surface area (Å²) in [5, 5.41) is 0. The first-order chi connectivity index (χ1) is 13.6. The molecule has 28 heavy (non-hydrogen) atoms. The molecule has 0 radical (unpaired) electrons. The van der Waals surface area contributed by atoms with Gasteiger partial charge in [0.15, 0.2) is 0 Å². The van der Waals surface area contributed by atoms with Gasteiger partial charge in [-0.05, 0) is 67.6 Å². The van der Waals surface area contributed by atoms with E-state index in [1.165, 1.54) is 16.7 Å². The zero-order chi connectivity index (χ0) is 19.7. The molecule has 148 valence electrons. The fraction of sp³-hybridized carbons (Fsp3) is 0.480. The summed E-state index contributed by atoms with van der Waals surface area (Å²) < 4.78 is 5.71. The molecule has 3 atom stereocenters. The lowest BCUT2D eigenvalue weighted by Crippen LogP contribution is -2.58. The smallest absolute Gasteiger partial charge is 0.311 e. The van der Waals surface area contributed by atoms with Gasteiger partial charge in [0.25, 0.3) is 0 Å². The van der Waals surface area contributed by atoms with E-state index in [-0.39, 0.29) is 11.4 Å². The molecular weight excluding hydrogens is 346 g/mol. The third kappa shape index (κ3) is 3.16. The second-order valence-corrected chi connectivity index (χ2v) is 8.52. The van der Waals surface area contributed by atoms with Gasteiger partial charge in [0, 0.05) is 17.9 Å². The van der Waals surface area contributed by atoms with Gasteiger partial charge in [0.05, 0.1) is 0 Å². The Morgan fingerprint density at radius 3 is 2.75 bits per heavy atom. The Morgan fingerprint density at radius 1 is 1.21 bits per heavy atom. The number of rotatable bonds is 5. The minimum atomic E-state index is -0.124. The Labute approximate surface area is 168 Å². The van der Waals surface area contributed by atoms with Crippen molar-refractivity contribution < 1.29 is 9.53 Å². The lowest BCUT2D eigenvalue weighted by atomic mass is 9.55. The van der Waals surface area contributed by atoms with Crippen molar-refractivity contribution in [3.8, 4) is 5.75 Å². The molecule has 1 saturated heterocycles. The van der Waals surface area contributed by atoms with Crippen molar-refractivity contribution in [3.05, 3.63) is 65.2 Å². The number of likely N-dealkylation sites (tertiary alicyclic amines) is 1. The van der Waals surface area contributed by atoms with Crippen molar-refractivity contribution >= 4 is 5.97 Å². The average molecular weight is 378 g/mol. The van der Waals surface area contributed by atoms with Crippen LogP contribution in [0.25, 0.3) is 0 Å². The molecule has 2 bridgehead atoms. The summed E-state index contributed by atoms with van der Waals surface area (Å²) >= 11 is 0. The van der Waals surface area contributed by atoms with E-state index in [1.807, 2.05) is 6.07 Å². The van der Waals surface area contributed by atoms with Crippen LogP contribution in [0.3, 0.4) is 0 Å². The molecule has 4 rings (SSSR count). The number of esters is 1. The fourth-order valence-corrected chi connectivity index (χ4v) is 5.41. The van der Waals surface area contributed by atoms with Crippen LogP contribution in [0.4, 0.5) is 0 Å². The number of hydrogen-bond acceptors (Lipinski definition) is 3. The van der Waals surface area contributed by atoms with Gasteiger partial charge in [0.1, 0.15) is 5.75 Å². The van der Waals surface area contributed by atoms with E-state index in [2.05, 4.69) is 68.3 Å². The topological polar surface area (TPSA) is 29.5 Å². The quantitative estimate of drug-likeness (QED) is 0.544. The number of hydrogen-bond donors (Lipinski definition) is 0. The van der Waals surface area contributed by atoms with Gasteiger partial charge in [-0.25, -0.2) is 0 Å². The number of benzene rings is 2. The zero-order valence-electron chi connectivity index (χ0n) is 17.3. The van der Waals surface area contributed by atoms with Crippen LogP contribution in [0.5, 0.6) is 5.75 Å².